The second-order valence-corrected chi connectivity index (χ2v) is 21.7. The number of carboxylic acid groups (broad SMARTS) is 2. The van der Waals surface area contributed by atoms with Gasteiger partial charge in [-0.3, -0.25) is 14.4 Å². The topological polar surface area (TPSA) is 113 Å². The van der Waals surface area contributed by atoms with Crippen molar-refractivity contribution in [2.45, 2.75) is 303 Å². The van der Waals surface area contributed by atoms with Crippen LogP contribution in [0.1, 0.15) is 292 Å². The van der Waals surface area contributed by atoms with E-state index < -0.39 is 11.9 Å². The highest BCUT2D eigenvalue weighted by Gasteiger charge is 2.28. The number of hydrogen-bond donors (Lipinski definition) is 2. The lowest BCUT2D eigenvalue weighted by molar-refractivity contribution is -0.152. The van der Waals surface area contributed by atoms with Gasteiger partial charge in [0.25, 0.3) is 0 Å². The summed E-state index contributed by atoms with van der Waals surface area (Å²) in [4.78, 5) is 37.3. The molecule has 1 heterocycles. The molecule has 5 unspecified atom stereocenters. The first-order valence-electron chi connectivity index (χ1n) is 29.0. The van der Waals surface area contributed by atoms with E-state index >= 15 is 0 Å². The molecular weight excluding hydrogens is 855 g/mol. The van der Waals surface area contributed by atoms with Crippen LogP contribution in [0, 0.1) is 17.8 Å². The number of nitrogens with zero attached hydrogens (tertiary/aromatic N) is 1. The lowest BCUT2D eigenvalue weighted by Gasteiger charge is -2.18. The molecule has 1 saturated heterocycles. The van der Waals surface area contributed by atoms with Crippen LogP contribution in [0.2, 0.25) is 0 Å². The molecule has 67 heavy (non-hydrogen) atoms. The Balaban J connectivity index is 0. The Labute approximate surface area is 421 Å². The normalized spacial score (nSPS) is 15.9. The standard InChI is InChI=1S/C26H51NO3S.2C16H32O2/c1-5-7-9-11-12-14-17-23(16-13-10-8-6-2)26(28)29-22-24-18-19-25(30-24)31-21-15-20-27(3)4;2*1-3-5-7-9-10-12-14-15(16(17)18)13-11-8-6-4-2/h23-25H,5-22H2,1-4H3;2*15H,3-14H2,1-2H3,(H,17,18). The number of ether oxygens (including phenoxy) is 2. The number of esters is 1. The van der Waals surface area contributed by atoms with Crippen molar-refractivity contribution in [2.24, 2.45) is 17.8 Å². The summed E-state index contributed by atoms with van der Waals surface area (Å²) >= 11 is 1.92. The fourth-order valence-corrected chi connectivity index (χ4v) is 10.0. The van der Waals surface area contributed by atoms with E-state index in [1.54, 1.807) is 0 Å². The van der Waals surface area contributed by atoms with Gasteiger partial charge in [-0.1, -0.05) is 234 Å². The summed E-state index contributed by atoms with van der Waals surface area (Å²) in [7, 11) is 4.23. The number of carbonyl (C=O) groups excluding carboxylic acids is 1. The molecule has 2 N–H and O–H groups in total. The van der Waals surface area contributed by atoms with Gasteiger partial charge in [-0.05, 0) is 84.2 Å². The molecule has 1 rings (SSSR count). The van der Waals surface area contributed by atoms with Gasteiger partial charge in [-0.15, -0.1) is 11.8 Å². The molecule has 400 valence electrons. The summed E-state index contributed by atoms with van der Waals surface area (Å²) in [5, 5.41) is 18.3. The molecule has 1 fully saturated rings. The molecule has 0 radical (unpaired) electrons. The summed E-state index contributed by atoms with van der Waals surface area (Å²) in [6, 6.07) is 0. The smallest absolute Gasteiger partial charge is 0.309 e. The molecule has 1 aliphatic heterocycles. The SMILES string of the molecule is CCCCCCCCC(CCCCCC)C(=O)O.CCCCCCCCC(CCCCCC)C(=O)O.CCCCCCCCC(CCCCCC)C(=O)OCC1CCC(SCCCN(C)C)O1. The third kappa shape index (κ3) is 46.8. The van der Waals surface area contributed by atoms with E-state index in [0.717, 1.165) is 102 Å². The minimum Gasteiger partial charge on any atom is -0.481 e. The Morgan fingerprint density at radius 1 is 0.478 bits per heavy atom. The van der Waals surface area contributed by atoms with Crippen molar-refractivity contribution in [3.8, 4) is 0 Å². The summed E-state index contributed by atoms with van der Waals surface area (Å²) in [6.45, 7) is 14.9. The molecule has 1 aliphatic rings. The Morgan fingerprint density at radius 3 is 1.12 bits per heavy atom. The van der Waals surface area contributed by atoms with Crippen molar-refractivity contribution >= 4 is 29.7 Å². The predicted molar refractivity (Wildman–Crippen MR) is 290 cm³/mol. The Hall–Kier alpha value is -1.32. The Bertz CT molecular complexity index is 1020. The number of rotatable bonds is 46. The molecule has 0 aromatic carbocycles. The average Bonchev–Trinajstić information content (AvgIpc) is 3.77. The molecule has 0 amide bonds. The third-order valence-electron chi connectivity index (χ3n) is 13.5. The van der Waals surface area contributed by atoms with Crippen LogP contribution in [-0.2, 0) is 23.9 Å². The van der Waals surface area contributed by atoms with Crippen molar-refractivity contribution in [1.29, 1.82) is 0 Å². The van der Waals surface area contributed by atoms with Gasteiger partial charge in [-0.2, -0.15) is 0 Å². The third-order valence-corrected chi connectivity index (χ3v) is 14.7. The van der Waals surface area contributed by atoms with E-state index in [1.807, 2.05) is 11.8 Å². The van der Waals surface area contributed by atoms with Crippen LogP contribution in [0.25, 0.3) is 0 Å². The highest BCUT2D eigenvalue weighted by molar-refractivity contribution is 7.99. The van der Waals surface area contributed by atoms with Crippen molar-refractivity contribution in [3.05, 3.63) is 0 Å². The molecule has 5 atom stereocenters. The Kier molecular flexibility index (Phi) is 53.1. The van der Waals surface area contributed by atoms with Gasteiger partial charge in [0, 0.05) is 0 Å². The van der Waals surface area contributed by atoms with Crippen LogP contribution < -0.4 is 0 Å². The lowest BCUT2D eigenvalue weighted by atomic mass is 9.94. The van der Waals surface area contributed by atoms with Crippen LogP contribution in [0.5, 0.6) is 0 Å². The number of carbonyl (C=O) groups is 3. The second kappa shape index (κ2) is 52.5. The van der Waals surface area contributed by atoms with Crippen LogP contribution in [0.15, 0.2) is 0 Å². The molecule has 0 saturated carbocycles. The maximum absolute atomic E-state index is 12.8. The van der Waals surface area contributed by atoms with Crippen molar-refractivity contribution in [2.75, 3.05) is 33.0 Å². The molecular formula is C58H115NO7S. The van der Waals surface area contributed by atoms with E-state index in [9.17, 15) is 24.6 Å². The van der Waals surface area contributed by atoms with E-state index in [-0.39, 0.29) is 35.3 Å². The zero-order chi connectivity index (χ0) is 50.0. The van der Waals surface area contributed by atoms with E-state index in [2.05, 4.69) is 60.5 Å². The fraction of sp³-hybridized carbons (Fsp3) is 0.948. The number of unbranched alkanes of at least 4 members (excludes halogenated alkanes) is 24. The van der Waals surface area contributed by atoms with E-state index in [1.165, 1.54) is 161 Å². The van der Waals surface area contributed by atoms with Gasteiger partial charge >= 0.3 is 17.9 Å². The van der Waals surface area contributed by atoms with Crippen LogP contribution in [0.3, 0.4) is 0 Å². The monoisotopic (exact) mass is 970 g/mol. The van der Waals surface area contributed by atoms with Gasteiger partial charge in [0.1, 0.15) is 12.0 Å². The first kappa shape index (κ1) is 67.8. The van der Waals surface area contributed by atoms with Crippen molar-refractivity contribution in [3.63, 3.8) is 0 Å². The maximum Gasteiger partial charge on any atom is 0.309 e. The van der Waals surface area contributed by atoms with Gasteiger partial charge < -0.3 is 24.6 Å². The Morgan fingerprint density at radius 2 is 0.791 bits per heavy atom. The fourth-order valence-electron chi connectivity index (χ4n) is 8.93. The highest BCUT2D eigenvalue weighted by atomic mass is 32.2. The zero-order valence-electron chi connectivity index (χ0n) is 45.9. The molecule has 0 aliphatic carbocycles. The summed E-state index contributed by atoms with van der Waals surface area (Å²) in [6.07, 6.45) is 45.8. The summed E-state index contributed by atoms with van der Waals surface area (Å²) in [5.74, 6) is -0.106. The molecule has 0 bridgehead atoms. The lowest BCUT2D eigenvalue weighted by Crippen LogP contribution is -2.24. The van der Waals surface area contributed by atoms with Gasteiger partial charge in [-0.25, -0.2) is 0 Å². The zero-order valence-corrected chi connectivity index (χ0v) is 46.7. The summed E-state index contributed by atoms with van der Waals surface area (Å²) < 4.78 is 11.9. The van der Waals surface area contributed by atoms with E-state index in [4.69, 9.17) is 9.47 Å². The van der Waals surface area contributed by atoms with Gasteiger partial charge in [0.15, 0.2) is 0 Å². The number of carboxylic acids is 2. The first-order chi connectivity index (χ1) is 32.5. The molecule has 8 nitrogen and oxygen atoms in total. The number of thioether (sulfide) groups is 1. The van der Waals surface area contributed by atoms with Crippen LogP contribution in [-0.4, -0.2) is 77.6 Å². The predicted octanol–water partition coefficient (Wildman–Crippen LogP) is 17.9. The van der Waals surface area contributed by atoms with Crippen molar-refractivity contribution < 1.29 is 34.1 Å². The maximum atomic E-state index is 12.8. The van der Waals surface area contributed by atoms with Crippen LogP contribution >= 0.6 is 11.8 Å². The summed E-state index contributed by atoms with van der Waals surface area (Å²) in [5.41, 5.74) is 0.277. The minimum atomic E-state index is -0.583. The van der Waals surface area contributed by atoms with Crippen molar-refractivity contribution in [1.82, 2.24) is 4.90 Å². The minimum absolute atomic E-state index is 0.0238. The number of aliphatic carboxylic acids is 2. The molecule has 0 spiro atoms. The van der Waals surface area contributed by atoms with Gasteiger partial charge in [0.05, 0.1) is 23.9 Å². The first-order valence-corrected chi connectivity index (χ1v) is 30.1. The van der Waals surface area contributed by atoms with Crippen LogP contribution in [0.4, 0.5) is 0 Å². The largest absolute Gasteiger partial charge is 0.481 e. The van der Waals surface area contributed by atoms with E-state index in [0.29, 0.717) is 6.61 Å². The average molecular weight is 971 g/mol. The second-order valence-electron chi connectivity index (χ2n) is 20.4. The molecule has 0 aromatic heterocycles. The number of hydrogen-bond acceptors (Lipinski definition) is 7. The molecule has 9 heteroatoms. The molecule has 0 aromatic rings. The quantitative estimate of drug-likeness (QED) is 0.0455. The van der Waals surface area contributed by atoms with Gasteiger partial charge in [0.2, 0.25) is 0 Å². The highest BCUT2D eigenvalue weighted by Crippen LogP contribution is 2.30.